The van der Waals surface area contributed by atoms with Gasteiger partial charge in [-0.3, -0.25) is 9.59 Å². The summed E-state index contributed by atoms with van der Waals surface area (Å²) >= 11 is 6.21. The van der Waals surface area contributed by atoms with Crippen molar-refractivity contribution < 1.29 is 14.3 Å². The van der Waals surface area contributed by atoms with Gasteiger partial charge in [-0.2, -0.15) is 0 Å². The fraction of sp³-hybridized carbons (Fsp3) is 0.286. The number of carbonyl (C=O) groups excluding carboxylic acids is 2. The molecule has 0 aliphatic rings. The van der Waals surface area contributed by atoms with Crippen LogP contribution in [0.25, 0.3) is 0 Å². The minimum absolute atomic E-state index is 0.127. The molecule has 5 nitrogen and oxygen atoms in total. The van der Waals surface area contributed by atoms with Crippen LogP contribution < -0.4 is 10.1 Å². The van der Waals surface area contributed by atoms with Crippen molar-refractivity contribution in [3.05, 3.63) is 101 Å². The van der Waals surface area contributed by atoms with Crippen molar-refractivity contribution in [2.75, 3.05) is 13.7 Å². The molecular weight excluding hydrogens is 448 g/mol. The summed E-state index contributed by atoms with van der Waals surface area (Å²) in [5.74, 6) is 0.446. The second-order valence-corrected chi connectivity index (χ2v) is 8.61. The van der Waals surface area contributed by atoms with Crippen molar-refractivity contribution in [3.63, 3.8) is 0 Å². The summed E-state index contributed by atoms with van der Waals surface area (Å²) in [6, 6.07) is 23.9. The van der Waals surface area contributed by atoms with Gasteiger partial charge in [0.15, 0.2) is 0 Å². The summed E-state index contributed by atoms with van der Waals surface area (Å²) in [5.41, 5.74) is 2.72. The second-order valence-electron chi connectivity index (χ2n) is 8.17. The van der Waals surface area contributed by atoms with E-state index in [-0.39, 0.29) is 24.8 Å². The number of ether oxygens (including phenoxy) is 1. The Kier molecular flexibility index (Phi) is 9.53. The molecule has 6 heteroatoms. The maximum absolute atomic E-state index is 13.6. The number of hydrogen-bond acceptors (Lipinski definition) is 3. The fourth-order valence-corrected chi connectivity index (χ4v) is 3.98. The van der Waals surface area contributed by atoms with Gasteiger partial charge in [-0.05, 0) is 47.4 Å². The smallest absolute Gasteiger partial charge is 0.243 e. The molecule has 178 valence electrons. The topological polar surface area (TPSA) is 58.6 Å². The van der Waals surface area contributed by atoms with Gasteiger partial charge in [0, 0.05) is 24.5 Å². The third-order valence-corrected chi connectivity index (χ3v) is 5.81. The lowest BCUT2D eigenvalue weighted by atomic mass is 10.0. The first-order valence-corrected chi connectivity index (χ1v) is 11.9. The van der Waals surface area contributed by atoms with Gasteiger partial charge in [-0.1, -0.05) is 73.1 Å². The normalized spacial score (nSPS) is 11.5. The first-order chi connectivity index (χ1) is 16.5. The van der Waals surface area contributed by atoms with Crippen molar-refractivity contribution in [1.82, 2.24) is 10.2 Å². The van der Waals surface area contributed by atoms with Crippen molar-refractivity contribution in [2.24, 2.45) is 0 Å². The van der Waals surface area contributed by atoms with Crippen LogP contribution in [0, 0.1) is 0 Å². The van der Waals surface area contributed by atoms with E-state index in [9.17, 15) is 9.59 Å². The van der Waals surface area contributed by atoms with Crippen LogP contribution in [0.4, 0.5) is 0 Å². The lowest BCUT2D eigenvalue weighted by molar-refractivity contribution is -0.140. The number of nitrogens with zero attached hydrogens (tertiary/aromatic N) is 1. The van der Waals surface area contributed by atoms with Crippen LogP contribution in [0.2, 0.25) is 5.02 Å². The highest BCUT2D eigenvalue weighted by atomic mass is 35.5. The molecule has 0 spiro atoms. The van der Waals surface area contributed by atoms with Gasteiger partial charge < -0.3 is 15.0 Å². The van der Waals surface area contributed by atoms with Crippen LogP contribution in [0.15, 0.2) is 78.9 Å². The maximum atomic E-state index is 13.6. The third-order valence-electron chi connectivity index (χ3n) is 5.58. The van der Waals surface area contributed by atoms with Crippen LogP contribution >= 0.6 is 11.6 Å². The molecular formula is C28H31ClN2O3. The molecule has 1 atom stereocenters. The summed E-state index contributed by atoms with van der Waals surface area (Å²) in [6.45, 7) is 2.85. The first kappa shape index (κ1) is 25.3. The minimum Gasteiger partial charge on any atom is -0.497 e. The average Bonchev–Trinajstić information content (AvgIpc) is 2.85. The van der Waals surface area contributed by atoms with Gasteiger partial charge in [-0.25, -0.2) is 0 Å². The Morgan fingerprint density at radius 3 is 2.29 bits per heavy atom. The molecule has 3 aromatic rings. The molecule has 0 saturated carbocycles. The van der Waals surface area contributed by atoms with E-state index in [0.29, 0.717) is 18.0 Å². The summed E-state index contributed by atoms with van der Waals surface area (Å²) < 4.78 is 5.22. The van der Waals surface area contributed by atoms with Crippen LogP contribution in [0.5, 0.6) is 5.75 Å². The van der Waals surface area contributed by atoms with Crippen LogP contribution in [0.1, 0.15) is 30.0 Å². The van der Waals surface area contributed by atoms with E-state index in [1.807, 2.05) is 79.7 Å². The predicted octanol–water partition coefficient (Wildman–Crippen LogP) is 5.06. The molecule has 3 aromatic carbocycles. The van der Waals surface area contributed by atoms with Gasteiger partial charge in [0.1, 0.15) is 11.8 Å². The molecule has 0 heterocycles. The molecule has 0 aliphatic heterocycles. The SMILES string of the molecule is CCCNC(=O)[C@H](Cc1ccccc1)N(Cc1cccc(Cl)c1)C(=O)Cc1ccc(OC)cc1. The Balaban J connectivity index is 1.93. The maximum Gasteiger partial charge on any atom is 0.243 e. The van der Waals surface area contributed by atoms with E-state index < -0.39 is 6.04 Å². The fourth-order valence-electron chi connectivity index (χ4n) is 3.77. The summed E-state index contributed by atoms with van der Waals surface area (Å²) in [5, 5.41) is 3.58. The highest BCUT2D eigenvalue weighted by Gasteiger charge is 2.30. The molecule has 34 heavy (non-hydrogen) atoms. The van der Waals surface area contributed by atoms with E-state index in [1.165, 1.54) is 0 Å². The Bertz CT molecular complexity index is 1070. The van der Waals surface area contributed by atoms with Crippen molar-refractivity contribution in [2.45, 2.75) is 38.8 Å². The number of benzene rings is 3. The number of halogens is 1. The monoisotopic (exact) mass is 478 g/mol. The lowest BCUT2D eigenvalue weighted by Gasteiger charge is -2.31. The van der Waals surface area contributed by atoms with Crippen molar-refractivity contribution in [1.29, 1.82) is 0 Å². The second kappa shape index (κ2) is 12.8. The number of methoxy groups -OCH3 is 1. The Labute approximate surface area is 206 Å². The molecule has 0 saturated heterocycles. The van der Waals surface area contributed by atoms with E-state index >= 15 is 0 Å². The molecule has 0 aromatic heterocycles. The Hall–Kier alpha value is -3.31. The summed E-state index contributed by atoms with van der Waals surface area (Å²) in [4.78, 5) is 28.6. The number of carbonyl (C=O) groups is 2. The van der Waals surface area contributed by atoms with Gasteiger partial charge in [0.05, 0.1) is 13.5 Å². The zero-order valence-corrected chi connectivity index (χ0v) is 20.4. The van der Waals surface area contributed by atoms with Gasteiger partial charge in [0.2, 0.25) is 11.8 Å². The largest absolute Gasteiger partial charge is 0.497 e. The van der Waals surface area contributed by atoms with E-state index in [0.717, 1.165) is 28.9 Å². The van der Waals surface area contributed by atoms with Gasteiger partial charge in [0.25, 0.3) is 0 Å². The van der Waals surface area contributed by atoms with Crippen LogP contribution in [-0.4, -0.2) is 36.4 Å². The van der Waals surface area contributed by atoms with Gasteiger partial charge >= 0.3 is 0 Å². The lowest BCUT2D eigenvalue weighted by Crippen LogP contribution is -2.51. The summed E-state index contributed by atoms with van der Waals surface area (Å²) in [6.07, 6.45) is 1.42. The standard InChI is InChI=1S/C28H31ClN2O3/c1-3-16-30-28(33)26(18-21-8-5-4-6-9-21)31(20-23-10-7-11-24(29)17-23)27(32)19-22-12-14-25(34-2)15-13-22/h4-15,17,26H,3,16,18-20H2,1-2H3,(H,30,33)/t26-/m0/s1. The molecule has 0 unspecified atom stereocenters. The third kappa shape index (κ3) is 7.35. The van der Waals surface area contributed by atoms with Crippen LogP contribution in [0.3, 0.4) is 0 Å². The number of rotatable bonds is 11. The van der Waals surface area contributed by atoms with Crippen LogP contribution in [-0.2, 0) is 29.0 Å². The zero-order chi connectivity index (χ0) is 24.3. The quantitative estimate of drug-likeness (QED) is 0.419. The van der Waals surface area contributed by atoms with Crippen molar-refractivity contribution in [3.8, 4) is 5.75 Å². The molecule has 0 aliphatic carbocycles. The summed E-state index contributed by atoms with van der Waals surface area (Å²) in [7, 11) is 1.61. The van der Waals surface area contributed by atoms with Gasteiger partial charge in [-0.15, -0.1) is 0 Å². The van der Waals surface area contributed by atoms with E-state index in [1.54, 1.807) is 18.1 Å². The molecule has 0 radical (unpaired) electrons. The Morgan fingerprint density at radius 1 is 0.941 bits per heavy atom. The number of nitrogens with one attached hydrogen (secondary N) is 1. The molecule has 0 fully saturated rings. The zero-order valence-electron chi connectivity index (χ0n) is 19.7. The average molecular weight is 479 g/mol. The predicted molar refractivity (Wildman–Crippen MR) is 136 cm³/mol. The number of amides is 2. The van der Waals surface area contributed by atoms with Crippen molar-refractivity contribution >= 4 is 23.4 Å². The molecule has 1 N–H and O–H groups in total. The highest BCUT2D eigenvalue weighted by molar-refractivity contribution is 6.30. The minimum atomic E-state index is -0.654. The van der Waals surface area contributed by atoms with E-state index in [2.05, 4.69) is 5.32 Å². The Morgan fingerprint density at radius 2 is 1.65 bits per heavy atom. The highest BCUT2D eigenvalue weighted by Crippen LogP contribution is 2.19. The first-order valence-electron chi connectivity index (χ1n) is 11.5. The molecule has 0 bridgehead atoms. The number of hydrogen-bond donors (Lipinski definition) is 1. The van der Waals surface area contributed by atoms with E-state index in [4.69, 9.17) is 16.3 Å². The molecule has 3 rings (SSSR count). The molecule has 2 amide bonds.